The van der Waals surface area contributed by atoms with E-state index in [1.165, 1.54) is 11.1 Å². The Labute approximate surface area is 189 Å². The van der Waals surface area contributed by atoms with Gasteiger partial charge in [0.25, 0.3) is 0 Å². The van der Waals surface area contributed by atoms with Crippen LogP contribution in [0.1, 0.15) is 52.0 Å². The maximum atomic E-state index is 12.6. The smallest absolute Gasteiger partial charge is 0.335 e. The molecule has 2 aromatic carbocycles. The van der Waals surface area contributed by atoms with Gasteiger partial charge in [-0.05, 0) is 78.8 Å². The van der Waals surface area contributed by atoms with Crippen molar-refractivity contribution in [3.63, 3.8) is 0 Å². The van der Waals surface area contributed by atoms with Crippen LogP contribution in [-0.2, 0) is 17.8 Å². The fourth-order valence-corrected chi connectivity index (χ4v) is 4.00. The van der Waals surface area contributed by atoms with Crippen LogP contribution in [0, 0.1) is 19.3 Å². The zero-order valence-corrected chi connectivity index (χ0v) is 18.4. The molecule has 5 heteroatoms. The van der Waals surface area contributed by atoms with Crippen LogP contribution < -0.4 is 10.6 Å². The highest BCUT2D eigenvalue weighted by Crippen LogP contribution is 2.33. The number of aryl methyl sites for hydroxylation is 2. The van der Waals surface area contributed by atoms with E-state index in [4.69, 9.17) is 11.5 Å². The van der Waals surface area contributed by atoms with Gasteiger partial charge in [0.05, 0.1) is 18.2 Å². The normalized spacial score (nSPS) is 15.7. The topological polar surface area (TPSA) is 78.4 Å². The molecule has 0 heterocycles. The molecule has 32 heavy (non-hydrogen) atoms. The molecule has 1 unspecified atom stereocenters. The van der Waals surface area contributed by atoms with E-state index >= 15 is 0 Å². The molecule has 1 aliphatic carbocycles. The van der Waals surface area contributed by atoms with Crippen molar-refractivity contribution in [3.8, 4) is 12.3 Å². The maximum absolute atomic E-state index is 12.6. The molecular formula is C27H28N2O3. The third-order valence-corrected chi connectivity index (χ3v) is 5.83. The van der Waals surface area contributed by atoms with Crippen LogP contribution in [0.4, 0.5) is 0 Å². The SMILES string of the molecule is C#C/C=C\C1=C(C)CCc2ccccc2C1NCC(=O)NCc1ccc(C(=O)O)cc1C. The third-order valence-electron chi connectivity index (χ3n) is 5.83. The number of fused-ring (bicyclic) bond motifs is 1. The van der Waals surface area contributed by atoms with Crippen molar-refractivity contribution in [2.24, 2.45) is 0 Å². The summed E-state index contributed by atoms with van der Waals surface area (Å²) in [4.78, 5) is 23.7. The first-order valence-electron chi connectivity index (χ1n) is 10.6. The van der Waals surface area contributed by atoms with Crippen molar-refractivity contribution in [2.45, 2.75) is 39.3 Å². The summed E-state index contributed by atoms with van der Waals surface area (Å²) in [7, 11) is 0. The highest BCUT2D eigenvalue weighted by molar-refractivity contribution is 5.88. The number of terminal acetylenes is 1. The Balaban J connectivity index is 1.71. The van der Waals surface area contributed by atoms with Crippen molar-refractivity contribution in [1.82, 2.24) is 10.6 Å². The summed E-state index contributed by atoms with van der Waals surface area (Å²) >= 11 is 0. The van der Waals surface area contributed by atoms with Gasteiger partial charge in [-0.2, -0.15) is 0 Å². The summed E-state index contributed by atoms with van der Waals surface area (Å²) in [5.41, 5.74) is 6.73. The van der Waals surface area contributed by atoms with Gasteiger partial charge in [0.15, 0.2) is 0 Å². The molecule has 0 saturated heterocycles. The van der Waals surface area contributed by atoms with Crippen molar-refractivity contribution in [1.29, 1.82) is 0 Å². The zero-order valence-electron chi connectivity index (χ0n) is 18.4. The first-order chi connectivity index (χ1) is 15.4. The van der Waals surface area contributed by atoms with Gasteiger partial charge in [0, 0.05) is 6.54 Å². The number of carbonyl (C=O) groups excluding carboxylic acids is 1. The number of nitrogens with one attached hydrogen (secondary N) is 2. The number of hydrogen-bond donors (Lipinski definition) is 3. The highest BCUT2D eigenvalue weighted by atomic mass is 16.4. The fraction of sp³-hybridized carbons (Fsp3) is 0.259. The Hall–Kier alpha value is -3.62. The first kappa shape index (κ1) is 23.1. The average molecular weight is 429 g/mol. The van der Waals surface area contributed by atoms with E-state index in [9.17, 15) is 9.59 Å². The lowest BCUT2D eigenvalue weighted by Crippen LogP contribution is -2.36. The molecular weight excluding hydrogens is 400 g/mol. The molecule has 2 aromatic rings. The maximum Gasteiger partial charge on any atom is 0.335 e. The Morgan fingerprint density at radius 2 is 1.97 bits per heavy atom. The number of carboxylic acid groups (broad SMARTS) is 1. The number of aromatic carboxylic acids is 1. The number of rotatable bonds is 7. The predicted molar refractivity (Wildman–Crippen MR) is 126 cm³/mol. The van der Waals surface area contributed by atoms with Crippen molar-refractivity contribution >= 4 is 11.9 Å². The predicted octanol–water partition coefficient (Wildman–Crippen LogP) is 4.09. The Kier molecular flexibility index (Phi) is 7.64. The molecule has 1 atom stereocenters. The number of allylic oxidation sites excluding steroid dienone is 2. The quantitative estimate of drug-likeness (QED) is 0.581. The van der Waals surface area contributed by atoms with Crippen LogP contribution in [0.2, 0.25) is 0 Å². The number of benzene rings is 2. The largest absolute Gasteiger partial charge is 0.478 e. The zero-order chi connectivity index (χ0) is 23.1. The molecule has 0 fully saturated rings. The lowest BCUT2D eigenvalue weighted by atomic mass is 9.94. The Morgan fingerprint density at radius 3 is 2.69 bits per heavy atom. The lowest BCUT2D eigenvalue weighted by Gasteiger charge is -2.22. The van der Waals surface area contributed by atoms with Crippen LogP contribution in [0.3, 0.4) is 0 Å². The van der Waals surface area contributed by atoms with Crippen molar-refractivity contribution < 1.29 is 14.7 Å². The molecule has 1 aliphatic rings. The fourth-order valence-electron chi connectivity index (χ4n) is 4.00. The minimum absolute atomic E-state index is 0.124. The van der Waals surface area contributed by atoms with E-state index in [2.05, 4.69) is 35.6 Å². The van der Waals surface area contributed by atoms with Crippen LogP contribution in [0.25, 0.3) is 0 Å². The Bertz CT molecular complexity index is 1120. The van der Waals surface area contributed by atoms with E-state index in [0.29, 0.717) is 6.54 Å². The molecule has 164 valence electrons. The van der Waals surface area contributed by atoms with Gasteiger partial charge in [-0.25, -0.2) is 4.79 Å². The van der Waals surface area contributed by atoms with Crippen LogP contribution in [-0.4, -0.2) is 23.5 Å². The second kappa shape index (κ2) is 10.6. The minimum atomic E-state index is -0.963. The third kappa shape index (κ3) is 5.54. The second-order valence-electron chi connectivity index (χ2n) is 7.97. The van der Waals surface area contributed by atoms with Crippen molar-refractivity contribution in [2.75, 3.05) is 6.54 Å². The molecule has 0 spiro atoms. The summed E-state index contributed by atoms with van der Waals surface area (Å²) in [6.45, 7) is 4.44. The van der Waals surface area contributed by atoms with Gasteiger partial charge >= 0.3 is 5.97 Å². The summed E-state index contributed by atoms with van der Waals surface area (Å²) in [6, 6.07) is 13.1. The van der Waals surface area contributed by atoms with Gasteiger partial charge in [-0.15, -0.1) is 6.42 Å². The van der Waals surface area contributed by atoms with Gasteiger partial charge < -0.3 is 10.4 Å². The molecule has 3 rings (SSSR count). The van der Waals surface area contributed by atoms with Crippen LogP contribution >= 0.6 is 0 Å². The molecule has 1 amide bonds. The van der Waals surface area contributed by atoms with Gasteiger partial charge in [-0.1, -0.05) is 41.8 Å². The number of amides is 1. The Morgan fingerprint density at radius 1 is 1.19 bits per heavy atom. The molecule has 0 bridgehead atoms. The number of hydrogen-bond acceptors (Lipinski definition) is 3. The van der Waals surface area contributed by atoms with Crippen molar-refractivity contribution in [3.05, 3.63) is 93.6 Å². The summed E-state index contributed by atoms with van der Waals surface area (Å²) < 4.78 is 0. The number of carboxylic acids is 1. The summed E-state index contributed by atoms with van der Waals surface area (Å²) in [5.74, 6) is 1.47. The van der Waals surface area contributed by atoms with E-state index in [-0.39, 0.29) is 24.1 Å². The lowest BCUT2D eigenvalue weighted by molar-refractivity contribution is -0.120. The average Bonchev–Trinajstić information content (AvgIpc) is 2.91. The molecule has 0 radical (unpaired) electrons. The molecule has 3 N–H and O–H groups in total. The van der Waals surface area contributed by atoms with E-state index in [1.54, 1.807) is 24.3 Å². The second-order valence-corrected chi connectivity index (χ2v) is 7.97. The first-order valence-corrected chi connectivity index (χ1v) is 10.6. The van der Waals surface area contributed by atoms with E-state index in [0.717, 1.165) is 35.1 Å². The number of carbonyl (C=O) groups is 2. The van der Waals surface area contributed by atoms with Gasteiger partial charge in [0.1, 0.15) is 0 Å². The summed E-state index contributed by atoms with van der Waals surface area (Å²) in [6.07, 6.45) is 11.0. The molecule has 5 nitrogen and oxygen atoms in total. The highest BCUT2D eigenvalue weighted by Gasteiger charge is 2.23. The van der Waals surface area contributed by atoms with E-state index < -0.39 is 5.97 Å². The standard InChI is InChI=1S/C27H28N2O3/c1-4-5-9-23-18(2)11-12-20-8-6-7-10-24(20)26(23)29-17-25(30)28-16-22-14-13-21(27(31)32)15-19(22)3/h1,5-10,13-15,26,29H,11-12,16-17H2,2-3H3,(H,28,30)(H,31,32)/b9-5-. The van der Waals surface area contributed by atoms with Crippen LogP contribution in [0.5, 0.6) is 0 Å². The summed E-state index contributed by atoms with van der Waals surface area (Å²) in [5, 5.41) is 15.4. The molecule has 0 saturated carbocycles. The minimum Gasteiger partial charge on any atom is -0.478 e. The van der Waals surface area contributed by atoms with E-state index in [1.807, 2.05) is 25.1 Å². The van der Waals surface area contributed by atoms with Crippen LogP contribution in [0.15, 0.2) is 65.8 Å². The van der Waals surface area contributed by atoms with Gasteiger partial charge in [-0.3, -0.25) is 10.1 Å². The monoisotopic (exact) mass is 428 g/mol. The molecule has 0 aliphatic heterocycles. The van der Waals surface area contributed by atoms with Gasteiger partial charge in [0.2, 0.25) is 5.91 Å². The molecule has 0 aromatic heterocycles.